The molecule has 1 heterocycles. The van der Waals surface area contributed by atoms with Gasteiger partial charge in [-0.05, 0) is 19.1 Å². The van der Waals surface area contributed by atoms with Crippen LogP contribution in [-0.2, 0) is 0 Å². The number of carbonyl (C=O) groups excluding carboxylic acids is 1. The summed E-state index contributed by atoms with van der Waals surface area (Å²) < 4.78 is 5.26. The maximum atomic E-state index is 11.4. The van der Waals surface area contributed by atoms with Crippen LogP contribution < -0.4 is 4.74 Å². The molecule has 1 atom stereocenters. The SMILES string of the molecule is C[C@@H]1Oc2c(ccc(Cl)c2Cl)C1=O. The number of hydrogen-bond acceptors (Lipinski definition) is 2. The number of carbonyl (C=O) groups is 1. The van der Waals surface area contributed by atoms with Crippen molar-refractivity contribution in [3.05, 3.63) is 27.7 Å². The minimum atomic E-state index is -0.453. The summed E-state index contributed by atoms with van der Waals surface area (Å²) in [7, 11) is 0. The summed E-state index contributed by atoms with van der Waals surface area (Å²) in [5.41, 5.74) is 0.516. The quantitative estimate of drug-likeness (QED) is 0.667. The third kappa shape index (κ3) is 1.21. The third-order valence-electron chi connectivity index (χ3n) is 1.98. The third-order valence-corrected chi connectivity index (χ3v) is 2.77. The van der Waals surface area contributed by atoms with Crippen molar-refractivity contribution in [3.63, 3.8) is 0 Å². The van der Waals surface area contributed by atoms with Crippen molar-refractivity contribution in [2.75, 3.05) is 0 Å². The highest BCUT2D eigenvalue weighted by Crippen LogP contribution is 2.39. The second kappa shape index (κ2) is 2.89. The average Bonchev–Trinajstić information content (AvgIpc) is 2.38. The number of halogens is 2. The van der Waals surface area contributed by atoms with E-state index < -0.39 is 6.10 Å². The van der Waals surface area contributed by atoms with Crippen molar-refractivity contribution in [3.8, 4) is 5.75 Å². The van der Waals surface area contributed by atoms with Gasteiger partial charge in [0.05, 0.1) is 10.6 Å². The van der Waals surface area contributed by atoms with Crippen LogP contribution in [0.15, 0.2) is 12.1 Å². The Kier molecular flexibility index (Phi) is 1.97. The average molecular weight is 217 g/mol. The molecule has 0 saturated carbocycles. The van der Waals surface area contributed by atoms with E-state index in [0.29, 0.717) is 21.4 Å². The second-order valence-corrected chi connectivity index (χ2v) is 3.65. The summed E-state index contributed by atoms with van der Waals surface area (Å²) in [6.07, 6.45) is -0.453. The number of fused-ring (bicyclic) bond motifs is 1. The second-order valence-electron chi connectivity index (χ2n) is 2.86. The van der Waals surface area contributed by atoms with E-state index >= 15 is 0 Å². The zero-order valence-corrected chi connectivity index (χ0v) is 8.32. The molecule has 0 aromatic heterocycles. The molecule has 0 bridgehead atoms. The molecule has 1 aliphatic heterocycles. The van der Waals surface area contributed by atoms with Gasteiger partial charge < -0.3 is 4.74 Å². The summed E-state index contributed by atoms with van der Waals surface area (Å²) >= 11 is 11.6. The minimum absolute atomic E-state index is 0.0476. The summed E-state index contributed by atoms with van der Waals surface area (Å²) in [6.45, 7) is 1.69. The largest absolute Gasteiger partial charge is 0.480 e. The highest BCUT2D eigenvalue weighted by molar-refractivity contribution is 6.43. The smallest absolute Gasteiger partial charge is 0.206 e. The van der Waals surface area contributed by atoms with Crippen LogP contribution in [0.1, 0.15) is 17.3 Å². The Morgan fingerprint density at radius 1 is 1.38 bits per heavy atom. The van der Waals surface area contributed by atoms with Gasteiger partial charge in [0.2, 0.25) is 5.78 Å². The van der Waals surface area contributed by atoms with Crippen molar-refractivity contribution in [1.29, 1.82) is 0 Å². The number of Topliss-reactive ketones (excluding diaryl/α,β-unsaturated/α-hetero) is 1. The maximum Gasteiger partial charge on any atom is 0.206 e. The molecule has 1 aromatic rings. The van der Waals surface area contributed by atoms with Gasteiger partial charge in [-0.15, -0.1) is 0 Å². The van der Waals surface area contributed by atoms with Crippen LogP contribution in [0.4, 0.5) is 0 Å². The normalized spacial score (nSPS) is 19.9. The van der Waals surface area contributed by atoms with Crippen molar-refractivity contribution in [2.24, 2.45) is 0 Å². The predicted octanol–water partition coefficient (Wildman–Crippen LogP) is 2.96. The van der Waals surface area contributed by atoms with E-state index in [1.807, 2.05) is 0 Å². The Hall–Kier alpha value is -0.730. The highest BCUT2D eigenvalue weighted by Gasteiger charge is 2.31. The number of ketones is 1. The molecule has 0 unspecified atom stereocenters. The van der Waals surface area contributed by atoms with Crippen LogP contribution in [0.3, 0.4) is 0 Å². The van der Waals surface area contributed by atoms with E-state index in [1.165, 1.54) is 0 Å². The molecular weight excluding hydrogens is 211 g/mol. The lowest BCUT2D eigenvalue weighted by Gasteiger charge is -2.03. The van der Waals surface area contributed by atoms with Gasteiger partial charge in [0.15, 0.2) is 11.9 Å². The van der Waals surface area contributed by atoms with E-state index in [0.717, 1.165) is 0 Å². The van der Waals surface area contributed by atoms with Crippen LogP contribution >= 0.6 is 23.2 Å². The van der Waals surface area contributed by atoms with Crippen molar-refractivity contribution in [2.45, 2.75) is 13.0 Å². The maximum absolute atomic E-state index is 11.4. The van der Waals surface area contributed by atoms with E-state index in [1.54, 1.807) is 19.1 Å². The lowest BCUT2D eigenvalue weighted by atomic mass is 10.1. The molecule has 4 heteroatoms. The van der Waals surface area contributed by atoms with Gasteiger partial charge in [0.1, 0.15) is 5.02 Å². The monoisotopic (exact) mass is 216 g/mol. The topological polar surface area (TPSA) is 26.3 Å². The molecule has 68 valence electrons. The van der Waals surface area contributed by atoms with Crippen LogP contribution in [-0.4, -0.2) is 11.9 Å². The fourth-order valence-corrected chi connectivity index (χ4v) is 1.65. The van der Waals surface area contributed by atoms with E-state index in [4.69, 9.17) is 27.9 Å². The van der Waals surface area contributed by atoms with Gasteiger partial charge in [-0.1, -0.05) is 23.2 Å². The van der Waals surface area contributed by atoms with Crippen LogP contribution in [0.25, 0.3) is 0 Å². The number of hydrogen-bond donors (Lipinski definition) is 0. The summed E-state index contributed by atoms with van der Waals surface area (Å²) in [5.74, 6) is 0.361. The molecule has 0 radical (unpaired) electrons. The minimum Gasteiger partial charge on any atom is -0.480 e. The van der Waals surface area contributed by atoms with Crippen LogP contribution in [0.2, 0.25) is 10.0 Å². The molecule has 0 fully saturated rings. The lowest BCUT2D eigenvalue weighted by Crippen LogP contribution is -2.14. The molecule has 0 saturated heterocycles. The van der Waals surface area contributed by atoms with Crippen LogP contribution in [0, 0.1) is 0 Å². The molecule has 0 aliphatic carbocycles. The molecule has 13 heavy (non-hydrogen) atoms. The summed E-state index contributed by atoms with van der Waals surface area (Å²) in [5, 5.41) is 0.721. The molecule has 1 aliphatic rings. The zero-order chi connectivity index (χ0) is 9.59. The molecule has 0 N–H and O–H groups in total. The summed E-state index contributed by atoms with van der Waals surface area (Å²) in [6, 6.07) is 3.23. The van der Waals surface area contributed by atoms with Crippen molar-refractivity contribution in [1.82, 2.24) is 0 Å². The van der Waals surface area contributed by atoms with Gasteiger partial charge in [-0.2, -0.15) is 0 Å². The van der Waals surface area contributed by atoms with Gasteiger partial charge >= 0.3 is 0 Å². The van der Waals surface area contributed by atoms with Gasteiger partial charge in [0, 0.05) is 0 Å². The standard InChI is InChI=1S/C9H6Cl2O2/c1-4-8(12)5-2-3-6(10)7(11)9(5)13-4/h2-4H,1H3/t4-/m0/s1. The van der Waals surface area contributed by atoms with Gasteiger partial charge in [-0.3, -0.25) is 4.79 Å². The number of rotatable bonds is 0. The van der Waals surface area contributed by atoms with Crippen molar-refractivity contribution >= 4 is 29.0 Å². The first kappa shape index (κ1) is 8.85. The van der Waals surface area contributed by atoms with E-state index in [2.05, 4.69) is 0 Å². The Morgan fingerprint density at radius 2 is 2.08 bits per heavy atom. The first-order valence-electron chi connectivity index (χ1n) is 3.80. The number of ether oxygens (including phenoxy) is 1. The number of benzene rings is 1. The summed E-state index contributed by atoms with van der Waals surface area (Å²) in [4.78, 5) is 11.4. The van der Waals surface area contributed by atoms with Crippen LogP contribution in [0.5, 0.6) is 5.75 Å². The van der Waals surface area contributed by atoms with Gasteiger partial charge in [-0.25, -0.2) is 0 Å². The predicted molar refractivity (Wildman–Crippen MR) is 50.9 cm³/mol. The molecule has 1 aromatic carbocycles. The Morgan fingerprint density at radius 3 is 2.77 bits per heavy atom. The zero-order valence-electron chi connectivity index (χ0n) is 6.80. The highest BCUT2D eigenvalue weighted by atomic mass is 35.5. The van der Waals surface area contributed by atoms with E-state index in [-0.39, 0.29) is 5.78 Å². The molecule has 2 rings (SSSR count). The fraction of sp³-hybridized carbons (Fsp3) is 0.222. The molecule has 0 spiro atoms. The first-order chi connectivity index (χ1) is 6.11. The molecule has 2 nitrogen and oxygen atoms in total. The Bertz CT molecular complexity index is 387. The van der Waals surface area contributed by atoms with Gasteiger partial charge in [0.25, 0.3) is 0 Å². The lowest BCUT2D eigenvalue weighted by molar-refractivity contribution is 0.0878. The molecule has 0 amide bonds. The molecular formula is C9H6Cl2O2. The Balaban J connectivity index is 2.64. The van der Waals surface area contributed by atoms with Crippen molar-refractivity contribution < 1.29 is 9.53 Å². The Labute approximate surface area is 85.4 Å². The fourth-order valence-electron chi connectivity index (χ4n) is 1.29. The van der Waals surface area contributed by atoms with E-state index in [9.17, 15) is 4.79 Å². The first-order valence-corrected chi connectivity index (χ1v) is 4.55.